The Kier molecular flexibility index (Phi) is 6.00. The number of nitrogens with two attached hydrogens (primary N) is 1. The minimum Gasteiger partial charge on any atom is -0.508 e. The van der Waals surface area contributed by atoms with Crippen LogP contribution in [0.4, 0.5) is 10.5 Å². The minimum atomic E-state index is -3.75. The minimum absolute atomic E-state index is 0.0132. The van der Waals surface area contributed by atoms with Gasteiger partial charge in [0.05, 0.1) is 4.90 Å². The highest BCUT2D eigenvalue weighted by atomic mass is 32.2. The average molecular weight is 363 g/mol. The SMILES string of the molecule is C[C@@H](CCc1ccc(O)cc1)NC(=O)Nc1ccc(S(N)(=O)=O)cc1. The van der Waals surface area contributed by atoms with Gasteiger partial charge in [-0.05, 0) is 61.7 Å². The summed E-state index contributed by atoms with van der Waals surface area (Å²) < 4.78 is 22.4. The lowest BCUT2D eigenvalue weighted by Crippen LogP contribution is -2.36. The Morgan fingerprint density at radius 2 is 1.72 bits per heavy atom. The number of rotatable bonds is 6. The predicted molar refractivity (Wildman–Crippen MR) is 95.9 cm³/mol. The molecule has 1 atom stereocenters. The Morgan fingerprint density at radius 3 is 2.28 bits per heavy atom. The van der Waals surface area contributed by atoms with Crippen LogP contribution in [-0.4, -0.2) is 25.6 Å². The molecular formula is C17H21N3O4S. The van der Waals surface area contributed by atoms with E-state index in [0.717, 1.165) is 18.4 Å². The Bertz CT molecular complexity index is 818. The van der Waals surface area contributed by atoms with E-state index in [4.69, 9.17) is 5.14 Å². The second-order valence-electron chi connectivity index (χ2n) is 5.77. The normalized spacial score (nSPS) is 12.4. The van der Waals surface area contributed by atoms with Crippen molar-refractivity contribution >= 4 is 21.7 Å². The molecule has 0 aliphatic heterocycles. The fourth-order valence-corrected chi connectivity index (χ4v) is 2.75. The summed E-state index contributed by atoms with van der Waals surface area (Å²) in [6, 6.07) is 12.1. The van der Waals surface area contributed by atoms with Crippen molar-refractivity contribution < 1.29 is 18.3 Å². The smallest absolute Gasteiger partial charge is 0.319 e. The first-order chi connectivity index (χ1) is 11.7. The van der Waals surface area contributed by atoms with Crippen molar-refractivity contribution in [3.8, 4) is 5.75 Å². The first-order valence-corrected chi connectivity index (χ1v) is 9.27. The topological polar surface area (TPSA) is 122 Å². The molecule has 5 N–H and O–H groups in total. The molecule has 134 valence electrons. The van der Waals surface area contributed by atoms with Crippen LogP contribution in [-0.2, 0) is 16.4 Å². The number of benzene rings is 2. The number of carbonyl (C=O) groups excluding carboxylic acids is 1. The highest BCUT2D eigenvalue weighted by Gasteiger charge is 2.10. The number of anilines is 1. The largest absolute Gasteiger partial charge is 0.508 e. The summed E-state index contributed by atoms with van der Waals surface area (Å²) in [5, 5.41) is 19.7. The van der Waals surface area contributed by atoms with Gasteiger partial charge in [0.15, 0.2) is 0 Å². The van der Waals surface area contributed by atoms with Crippen molar-refractivity contribution in [2.24, 2.45) is 5.14 Å². The van der Waals surface area contributed by atoms with Crippen LogP contribution in [0.1, 0.15) is 18.9 Å². The van der Waals surface area contributed by atoms with Gasteiger partial charge in [0.2, 0.25) is 10.0 Å². The van der Waals surface area contributed by atoms with Crippen LogP contribution in [0.2, 0.25) is 0 Å². The van der Waals surface area contributed by atoms with Gasteiger partial charge in [0.1, 0.15) is 5.75 Å². The number of hydrogen-bond donors (Lipinski definition) is 4. The number of carbonyl (C=O) groups is 1. The maximum atomic E-state index is 12.0. The molecule has 0 fully saturated rings. The number of phenolic OH excluding ortho intramolecular Hbond substituents is 1. The van der Waals surface area contributed by atoms with Crippen LogP contribution in [0.25, 0.3) is 0 Å². The number of amides is 2. The zero-order chi connectivity index (χ0) is 18.4. The molecule has 0 bridgehead atoms. The van der Waals surface area contributed by atoms with Gasteiger partial charge >= 0.3 is 6.03 Å². The molecule has 7 nitrogen and oxygen atoms in total. The predicted octanol–water partition coefficient (Wildman–Crippen LogP) is 2.18. The Balaban J connectivity index is 1.81. The van der Waals surface area contributed by atoms with Crippen molar-refractivity contribution in [2.75, 3.05) is 5.32 Å². The van der Waals surface area contributed by atoms with Crippen molar-refractivity contribution in [3.05, 3.63) is 54.1 Å². The quantitative estimate of drug-likeness (QED) is 0.628. The van der Waals surface area contributed by atoms with Crippen LogP contribution in [0, 0.1) is 0 Å². The fourth-order valence-electron chi connectivity index (χ4n) is 2.24. The molecule has 2 aromatic carbocycles. The van der Waals surface area contributed by atoms with Crippen LogP contribution >= 0.6 is 0 Å². The lowest BCUT2D eigenvalue weighted by atomic mass is 10.1. The summed E-state index contributed by atoms with van der Waals surface area (Å²) in [7, 11) is -3.75. The van der Waals surface area contributed by atoms with Crippen LogP contribution in [0.3, 0.4) is 0 Å². The average Bonchev–Trinajstić information content (AvgIpc) is 2.54. The van der Waals surface area contributed by atoms with E-state index in [0.29, 0.717) is 5.69 Å². The molecule has 8 heteroatoms. The Labute approximate surface area is 146 Å². The molecule has 2 aromatic rings. The van der Waals surface area contributed by atoms with Crippen LogP contribution < -0.4 is 15.8 Å². The lowest BCUT2D eigenvalue weighted by Gasteiger charge is -2.15. The second-order valence-corrected chi connectivity index (χ2v) is 7.34. The van der Waals surface area contributed by atoms with E-state index in [2.05, 4.69) is 10.6 Å². The number of nitrogens with one attached hydrogen (secondary N) is 2. The standard InChI is InChI=1S/C17H21N3O4S/c1-12(2-3-13-4-8-15(21)9-5-13)19-17(22)20-14-6-10-16(11-7-14)25(18,23)24/h4-12,21H,2-3H2,1H3,(H2,18,23,24)(H2,19,20,22)/t12-/m0/s1. The van der Waals surface area contributed by atoms with Gasteiger partial charge in [-0.3, -0.25) is 0 Å². The van der Waals surface area contributed by atoms with Crippen LogP contribution in [0.5, 0.6) is 5.75 Å². The van der Waals surface area contributed by atoms with Gasteiger partial charge < -0.3 is 15.7 Å². The molecule has 0 unspecified atom stereocenters. The van der Waals surface area contributed by atoms with Crippen molar-refractivity contribution in [2.45, 2.75) is 30.7 Å². The first-order valence-electron chi connectivity index (χ1n) is 7.72. The van der Waals surface area contributed by atoms with Gasteiger partial charge in [0.25, 0.3) is 0 Å². The summed E-state index contributed by atoms with van der Waals surface area (Å²) in [6.45, 7) is 1.89. The van der Waals surface area contributed by atoms with Crippen molar-refractivity contribution in [1.29, 1.82) is 0 Å². The molecule has 2 amide bonds. The molecule has 0 heterocycles. The maximum absolute atomic E-state index is 12.0. The van der Waals surface area contributed by atoms with Crippen molar-refractivity contribution in [3.63, 3.8) is 0 Å². The molecule has 0 saturated carbocycles. The third-order valence-electron chi connectivity index (χ3n) is 3.62. The molecule has 2 rings (SSSR count). The Morgan fingerprint density at radius 1 is 1.12 bits per heavy atom. The number of aryl methyl sites for hydroxylation is 1. The second kappa shape index (κ2) is 8.00. The zero-order valence-corrected chi connectivity index (χ0v) is 14.6. The van der Waals surface area contributed by atoms with E-state index in [-0.39, 0.29) is 22.7 Å². The van der Waals surface area contributed by atoms with Gasteiger partial charge in [-0.2, -0.15) is 0 Å². The summed E-state index contributed by atoms with van der Waals surface area (Å²) >= 11 is 0. The molecule has 0 saturated heterocycles. The molecule has 0 spiro atoms. The van der Waals surface area contributed by atoms with E-state index in [1.165, 1.54) is 24.3 Å². The van der Waals surface area contributed by atoms with Crippen molar-refractivity contribution in [1.82, 2.24) is 5.32 Å². The molecule has 0 radical (unpaired) electrons. The number of phenols is 1. The van der Waals surface area contributed by atoms with E-state index >= 15 is 0 Å². The third-order valence-corrected chi connectivity index (χ3v) is 4.55. The summed E-state index contributed by atoms with van der Waals surface area (Å²) in [6.07, 6.45) is 1.51. The van der Waals surface area contributed by atoms with Gasteiger partial charge in [-0.1, -0.05) is 12.1 Å². The molecule has 25 heavy (non-hydrogen) atoms. The fraction of sp³-hybridized carbons (Fsp3) is 0.235. The number of hydrogen-bond acceptors (Lipinski definition) is 4. The maximum Gasteiger partial charge on any atom is 0.319 e. The highest BCUT2D eigenvalue weighted by Crippen LogP contribution is 2.13. The number of urea groups is 1. The first kappa shape index (κ1) is 18.8. The third kappa shape index (κ3) is 6.09. The van der Waals surface area contributed by atoms with Gasteiger partial charge in [-0.25, -0.2) is 18.4 Å². The summed E-state index contributed by atoms with van der Waals surface area (Å²) in [5.41, 5.74) is 1.54. The van der Waals surface area contributed by atoms with Crippen LogP contribution in [0.15, 0.2) is 53.4 Å². The summed E-state index contributed by atoms with van der Waals surface area (Å²) in [5.74, 6) is 0.225. The Hall–Kier alpha value is -2.58. The van der Waals surface area contributed by atoms with E-state index < -0.39 is 10.0 Å². The highest BCUT2D eigenvalue weighted by molar-refractivity contribution is 7.89. The number of primary sulfonamides is 1. The molecule has 0 aromatic heterocycles. The van der Waals surface area contributed by atoms with Gasteiger partial charge in [0, 0.05) is 11.7 Å². The molecular weight excluding hydrogens is 342 g/mol. The lowest BCUT2D eigenvalue weighted by molar-refractivity contribution is 0.248. The van der Waals surface area contributed by atoms with E-state index in [1.54, 1.807) is 12.1 Å². The van der Waals surface area contributed by atoms with E-state index in [1.807, 2.05) is 19.1 Å². The number of sulfonamides is 1. The molecule has 0 aliphatic carbocycles. The zero-order valence-electron chi connectivity index (χ0n) is 13.8. The van der Waals surface area contributed by atoms with Gasteiger partial charge in [-0.15, -0.1) is 0 Å². The molecule has 0 aliphatic rings. The number of aromatic hydroxyl groups is 1. The monoisotopic (exact) mass is 363 g/mol. The van der Waals surface area contributed by atoms with E-state index in [9.17, 15) is 18.3 Å². The summed E-state index contributed by atoms with van der Waals surface area (Å²) in [4.78, 5) is 11.9.